The van der Waals surface area contributed by atoms with Crippen molar-refractivity contribution in [2.45, 2.75) is 19.4 Å². The average Bonchev–Trinajstić information content (AvgIpc) is 2.39. The molecule has 1 aromatic carbocycles. The highest BCUT2D eigenvalue weighted by Gasteiger charge is 1.97. The standard InChI is InChI=1S/C14H22ClNO2/c1-17-10-11-18-9-5-4-8-16-12-13-6-2-3-7-14(13)15/h2-3,6-7,16H,4-5,8-12H2,1H3. The molecule has 0 aliphatic carbocycles. The molecule has 0 aliphatic rings. The lowest BCUT2D eigenvalue weighted by molar-refractivity contribution is 0.0688. The van der Waals surface area contributed by atoms with Crippen molar-refractivity contribution < 1.29 is 9.47 Å². The molecular weight excluding hydrogens is 250 g/mol. The molecule has 0 radical (unpaired) electrons. The van der Waals surface area contributed by atoms with E-state index in [1.165, 1.54) is 0 Å². The number of benzene rings is 1. The van der Waals surface area contributed by atoms with E-state index in [1.54, 1.807) is 7.11 Å². The van der Waals surface area contributed by atoms with Crippen molar-refractivity contribution in [1.29, 1.82) is 0 Å². The first kappa shape index (κ1) is 15.4. The molecular formula is C14H22ClNO2. The molecule has 1 N–H and O–H groups in total. The number of nitrogens with one attached hydrogen (secondary N) is 1. The van der Waals surface area contributed by atoms with Crippen molar-refractivity contribution in [3.63, 3.8) is 0 Å². The van der Waals surface area contributed by atoms with Crippen molar-refractivity contribution in [2.75, 3.05) is 33.5 Å². The lowest BCUT2D eigenvalue weighted by Crippen LogP contribution is -2.15. The predicted octanol–water partition coefficient (Wildman–Crippen LogP) is 2.87. The summed E-state index contributed by atoms with van der Waals surface area (Å²) in [6.07, 6.45) is 2.18. The van der Waals surface area contributed by atoms with Crippen LogP contribution in [0.4, 0.5) is 0 Å². The molecule has 0 saturated heterocycles. The van der Waals surface area contributed by atoms with Crippen molar-refractivity contribution in [3.8, 4) is 0 Å². The first-order valence-electron chi connectivity index (χ1n) is 6.35. The summed E-state index contributed by atoms with van der Waals surface area (Å²) in [6, 6.07) is 7.92. The molecule has 0 spiro atoms. The summed E-state index contributed by atoms with van der Waals surface area (Å²) in [7, 11) is 1.68. The van der Waals surface area contributed by atoms with E-state index in [0.717, 1.165) is 43.1 Å². The maximum atomic E-state index is 6.06. The van der Waals surface area contributed by atoms with Gasteiger partial charge in [-0.15, -0.1) is 0 Å². The first-order chi connectivity index (χ1) is 8.84. The summed E-state index contributed by atoms with van der Waals surface area (Å²) in [5.41, 5.74) is 1.15. The zero-order valence-corrected chi connectivity index (χ0v) is 11.7. The second kappa shape index (κ2) is 10.3. The second-order valence-corrected chi connectivity index (χ2v) is 4.49. The van der Waals surface area contributed by atoms with Gasteiger partial charge in [0.05, 0.1) is 13.2 Å². The topological polar surface area (TPSA) is 30.5 Å². The molecule has 0 aromatic heterocycles. The maximum absolute atomic E-state index is 6.06. The van der Waals surface area contributed by atoms with Gasteiger partial charge in [0.15, 0.2) is 0 Å². The Hall–Kier alpha value is -0.610. The van der Waals surface area contributed by atoms with E-state index < -0.39 is 0 Å². The second-order valence-electron chi connectivity index (χ2n) is 4.08. The van der Waals surface area contributed by atoms with Crippen LogP contribution in [-0.4, -0.2) is 33.5 Å². The summed E-state index contributed by atoms with van der Waals surface area (Å²) in [5, 5.41) is 4.21. The molecule has 0 amide bonds. The van der Waals surface area contributed by atoms with E-state index in [4.69, 9.17) is 21.1 Å². The first-order valence-corrected chi connectivity index (χ1v) is 6.73. The third kappa shape index (κ3) is 6.97. The highest BCUT2D eigenvalue weighted by atomic mass is 35.5. The fourth-order valence-corrected chi connectivity index (χ4v) is 1.77. The Kier molecular flexibility index (Phi) is 8.86. The van der Waals surface area contributed by atoms with Crippen molar-refractivity contribution in [1.82, 2.24) is 5.32 Å². The van der Waals surface area contributed by atoms with Gasteiger partial charge in [0.25, 0.3) is 0 Å². The molecule has 0 saturated carbocycles. The number of halogens is 1. The van der Waals surface area contributed by atoms with Crippen LogP contribution in [0.2, 0.25) is 5.02 Å². The van der Waals surface area contributed by atoms with Gasteiger partial charge in [-0.1, -0.05) is 29.8 Å². The van der Waals surface area contributed by atoms with Crippen LogP contribution in [0.25, 0.3) is 0 Å². The van der Waals surface area contributed by atoms with Crippen molar-refractivity contribution in [2.24, 2.45) is 0 Å². The zero-order chi connectivity index (χ0) is 13.1. The third-order valence-electron chi connectivity index (χ3n) is 2.60. The Morgan fingerprint density at radius 1 is 1.11 bits per heavy atom. The largest absolute Gasteiger partial charge is 0.382 e. The molecule has 102 valence electrons. The molecule has 1 aromatic rings. The normalized spacial score (nSPS) is 10.8. The van der Waals surface area contributed by atoms with Crippen LogP contribution in [-0.2, 0) is 16.0 Å². The Labute approximate surface area is 114 Å². The van der Waals surface area contributed by atoms with Crippen LogP contribution in [0.1, 0.15) is 18.4 Å². The summed E-state index contributed by atoms with van der Waals surface area (Å²) < 4.78 is 10.3. The summed E-state index contributed by atoms with van der Waals surface area (Å²) in [6.45, 7) is 3.97. The van der Waals surface area contributed by atoms with Gasteiger partial charge < -0.3 is 14.8 Å². The Bertz CT molecular complexity index is 320. The van der Waals surface area contributed by atoms with Crippen LogP contribution in [0.15, 0.2) is 24.3 Å². The van der Waals surface area contributed by atoms with E-state index in [-0.39, 0.29) is 0 Å². The van der Waals surface area contributed by atoms with Crippen molar-refractivity contribution in [3.05, 3.63) is 34.9 Å². The quantitative estimate of drug-likeness (QED) is 0.664. The van der Waals surface area contributed by atoms with Gasteiger partial charge >= 0.3 is 0 Å². The molecule has 0 aliphatic heterocycles. The van der Waals surface area contributed by atoms with Crippen LogP contribution < -0.4 is 5.32 Å². The zero-order valence-electron chi connectivity index (χ0n) is 11.0. The van der Waals surface area contributed by atoms with E-state index in [0.29, 0.717) is 13.2 Å². The minimum Gasteiger partial charge on any atom is -0.382 e. The summed E-state index contributed by atoms with van der Waals surface area (Å²) in [5.74, 6) is 0. The van der Waals surface area contributed by atoms with Crippen LogP contribution in [0.3, 0.4) is 0 Å². The number of ether oxygens (including phenoxy) is 2. The highest BCUT2D eigenvalue weighted by Crippen LogP contribution is 2.14. The van der Waals surface area contributed by atoms with E-state index in [2.05, 4.69) is 5.32 Å². The highest BCUT2D eigenvalue weighted by molar-refractivity contribution is 6.31. The van der Waals surface area contributed by atoms with Gasteiger partial charge in [0, 0.05) is 25.3 Å². The smallest absolute Gasteiger partial charge is 0.0700 e. The molecule has 0 heterocycles. The summed E-state index contributed by atoms with van der Waals surface area (Å²) in [4.78, 5) is 0. The Balaban J connectivity index is 1.94. The van der Waals surface area contributed by atoms with Crippen molar-refractivity contribution >= 4 is 11.6 Å². The SMILES string of the molecule is COCCOCCCCNCc1ccccc1Cl. The van der Waals surface area contributed by atoms with Gasteiger partial charge in [-0.2, -0.15) is 0 Å². The molecule has 1 rings (SSSR count). The number of methoxy groups -OCH3 is 1. The van der Waals surface area contributed by atoms with E-state index >= 15 is 0 Å². The van der Waals surface area contributed by atoms with Gasteiger partial charge in [0.2, 0.25) is 0 Å². The fraction of sp³-hybridized carbons (Fsp3) is 0.571. The predicted molar refractivity (Wildman–Crippen MR) is 75.1 cm³/mol. The minimum atomic E-state index is 0.671. The monoisotopic (exact) mass is 271 g/mol. The van der Waals surface area contributed by atoms with Gasteiger partial charge in [-0.25, -0.2) is 0 Å². The summed E-state index contributed by atoms with van der Waals surface area (Å²) >= 11 is 6.06. The van der Waals surface area contributed by atoms with E-state index in [9.17, 15) is 0 Å². The van der Waals surface area contributed by atoms with Gasteiger partial charge in [-0.3, -0.25) is 0 Å². The Morgan fingerprint density at radius 3 is 2.72 bits per heavy atom. The minimum absolute atomic E-state index is 0.671. The maximum Gasteiger partial charge on any atom is 0.0700 e. The molecule has 18 heavy (non-hydrogen) atoms. The molecule has 3 nitrogen and oxygen atoms in total. The van der Waals surface area contributed by atoms with E-state index in [1.807, 2.05) is 24.3 Å². The Morgan fingerprint density at radius 2 is 1.94 bits per heavy atom. The van der Waals surface area contributed by atoms with Gasteiger partial charge in [0.1, 0.15) is 0 Å². The fourth-order valence-electron chi connectivity index (χ4n) is 1.56. The van der Waals surface area contributed by atoms with Crippen LogP contribution in [0.5, 0.6) is 0 Å². The number of rotatable bonds is 10. The number of hydrogen-bond donors (Lipinski definition) is 1. The number of hydrogen-bond acceptors (Lipinski definition) is 3. The lowest BCUT2D eigenvalue weighted by atomic mass is 10.2. The average molecular weight is 272 g/mol. The molecule has 0 atom stereocenters. The molecule has 0 unspecified atom stereocenters. The van der Waals surface area contributed by atoms with Crippen LogP contribution >= 0.6 is 11.6 Å². The lowest BCUT2D eigenvalue weighted by Gasteiger charge is -2.07. The third-order valence-corrected chi connectivity index (χ3v) is 2.97. The van der Waals surface area contributed by atoms with Crippen LogP contribution in [0, 0.1) is 0 Å². The molecule has 0 bridgehead atoms. The molecule has 4 heteroatoms. The molecule has 0 fully saturated rings. The van der Waals surface area contributed by atoms with Gasteiger partial charge in [-0.05, 0) is 31.0 Å². The number of unbranched alkanes of at least 4 members (excludes halogenated alkanes) is 1.